The quantitative estimate of drug-likeness (QED) is 0.644. The lowest BCUT2D eigenvalue weighted by molar-refractivity contribution is -0.124. The Balaban J connectivity index is 3.92. The Morgan fingerprint density at radius 3 is 1.75 bits per heavy atom. The summed E-state index contributed by atoms with van der Waals surface area (Å²) in [6.07, 6.45) is 0.588. The fraction of sp³-hybridized carbons (Fsp3) is 0.900. The van der Waals surface area contributed by atoms with Crippen LogP contribution in [-0.4, -0.2) is 11.4 Å². The zero-order valence-electron chi connectivity index (χ0n) is 9.12. The molecular formula is C10H21NO. The Hall–Kier alpha value is -0.530. The molecule has 0 aromatic heterocycles. The molecule has 0 unspecified atom stereocenters. The molecule has 1 amide bonds. The van der Waals surface area contributed by atoms with E-state index in [0.29, 0.717) is 6.42 Å². The summed E-state index contributed by atoms with van der Waals surface area (Å²) in [4.78, 5) is 11.4. The summed E-state index contributed by atoms with van der Waals surface area (Å²) in [5.41, 5.74) is -0.0301. The predicted molar refractivity (Wildman–Crippen MR) is 52.0 cm³/mol. The van der Waals surface area contributed by atoms with Crippen molar-refractivity contribution in [3.63, 3.8) is 0 Å². The van der Waals surface area contributed by atoms with Crippen LogP contribution >= 0.6 is 0 Å². The molecule has 0 heterocycles. The van der Waals surface area contributed by atoms with Crippen molar-refractivity contribution in [3.8, 4) is 0 Å². The third-order valence-corrected chi connectivity index (χ3v) is 1.21. The third-order valence-electron chi connectivity index (χ3n) is 1.21. The molecule has 0 spiro atoms. The van der Waals surface area contributed by atoms with Gasteiger partial charge in [0, 0.05) is 12.0 Å². The van der Waals surface area contributed by atoms with Crippen LogP contribution < -0.4 is 5.32 Å². The molecule has 0 aliphatic rings. The monoisotopic (exact) mass is 171 g/mol. The van der Waals surface area contributed by atoms with Gasteiger partial charge in [-0.2, -0.15) is 0 Å². The highest BCUT2D eigenvalue weighted by Gasteiger charge is 2.19. The molecule has 0 aromatic rings. The number of nitrogens with one attached hydrogen (secondary N) is 1. The highest BCUT2D eigenvalue weighted by Crippen LogP contribution is 2.18. The topological polar surface area (TPSA) is 29.1 Å². The first-order valence-electron chi connectivity index (χ1n) is 4.41. The minimum atomic E-state index is -0.109. The SMILES string of the molecule is CC(C)(C)CC(=O)NC(C)(C)C. The smallest absolute Gasteiger partial charge is 0.220 e. The predicted octanol–water partition coefficient (Wildman–Crippen LogP) is 2.34. The zero-order valence-corrected chi connectivity index (χ0v) is 9.12. The number of carbonyl (C=O) groups is 1. The zero-order chi connectivity index (χ0) is 9.99. The van der Waals surface area contributed by atoms with Crippen LogP contribution in [0.3, 0.4) is 0 Å². The van der Waals surface area contributed by atoms with E-state index in [-0.39, 0.29) is 16.9 Å². The summed E-state index contributed by atoms with van der Waals surface area (Å²) in [7, 11) is 0. The molecule has 0 aliphatic heterocycles. The number of hydrogen-bond donors (Lipinski definition) is 1. The largest absolute Gasteiger partial charge is 0.351 e. The minimum absolute atomic E-state index is 0.0787. The fourth-order valence-electron chi connectivity index (χ4n) is 0.944. The Labute approximate surface area is 75.7 Å². The number of rotatable bonds is 1. The second kappa shape index (κ2) is 3.46. The Kier molecular flexibility index (Phi) is 3.31. The average molecular weight is 171 g/mol. The van der Waals surface area contributed by atoms with Crippen molar-refractivity contribution in [3.05, 3.63) is 0 Å². The highest BCUT2D eigenvalue weighted by atomic mass is 16.1. The maximum atomic E-state index is 11.4. The summed E-state index contributed by atoms with van der Waals surface area (Å²) in [6.45, 7) is 12.2. The fourth-order valence-corrected chi connectivity index (χ4v) is 0.944. The van der Waals surface area contributed by atoms with Crippen LogP contribution in [-0.2, 0) is 4.79 Å². The van der Waals surface area contributed by atoms with Gasteiger partial charge < -0.3 is 5.32 Å². The van der Waals surface area contributed by atoms with Gasteiger partial charge in [-0.05, 0) is 26.2 Å². The van der Waals surface area contributed by atoms with E-state index in [1.807, 2.05) is 20.8 Å². The van der Waals surface area contributed by atoms with Gasteiger partial charge in [-0.25, -0.2) is 0 Å². The second-order valence-corrected chi connectivity index (χ2v) is 5.54. The summed E-state index contributed by atoms with van der Waals surface area (Å²) < 4.78 is 0. The van der Waals surface area contributed by atoms with E-state index in [9.17, 15) is 4.79 Å². The molecule has 1 N–H and O–H groups in total. The van der Waals surface area contributed by atoms with Crippen molar-refractivity contribution in [1.82, 2.24) is 5.32 Å². The maximum absolute atomic E-state index is 11.4. The lowest BCUT2D eigenvalue weighted by atomic mass is 9.91. The van der Waals surface area contributed by atoms with Crippen molar-refractivity contribution >= 4 is 5.91 Å². The highest BCUT2D eigenvalue weighted by molar-refractivity contribution is 5.77. The molecule has 0 saturated heterocycles. The van der Waals surface area contributed by atoms with Gasteiger partial charge in [0.05, 0.1) is 0 Å². The van der Waals surface area contributed by atoms with Gasteiger partial charge in [-0.3, -0.25) is 4.79 Å². The van der Waals surface area contributed by atoms with Crippen LogP contribution in [0.15, 0.2) is 0 Å². The van der Waals surface area contributed by atoms with Crippen LogP contribution in [0.1, 0.15) is 48.0 Å². The molecule has 0 radical (unpaired) electrons. The standard InChI is InChI=1S/C10H21NO/c1-9(2,3)7-8(12)11-10(4,5)6/h7H2,1-6H3,(H,11,12). The number of hydrogen-bond acceptors (Lipinski definition) is 1. The summed E-state index contributed by atoms with van der Waals surface area (Å²) in [5, 5.41) is 2.94. The molecule has 2 heteroatoms. The second-order valence-electron chi connectivity index (χ2n) is 5.54. The van der Waals surface area contributed by atoms with Crippen molar-refractivity contribution in [2.75, 3.05) is 0 Å². The van der Waals surface area contributed by atoms with Gasteiger partial charge in [-0.1, -0.05) is 20.8 Å². The lowest BCUT2D eigenvalue weighted by Gasteiger charge is -2.24. The van der Waals surface area contributed by atoms with Crippen molar-refractivity contribution in [2.24, 2.45) is 5.41 Å². The van der Waals surface area contributed by atoms with Crippen LogP contribution in [0.2, 0.25) is 0 Å². The van der Waals surface area contributed by atoms with Crippen LogP contribution in [0.25, 0.3) is 0 Å². The molecule has 0 rings (SSSR count). The first-order chi connectivity index (χ1) is 5.10. The van der Waals surface area contributed by atoms with E-state index in [1.54, 1.807) is 0 Å². The third kappa shape index (κ3) is 7.58. The van der Waals surface area contributed by atoms with Crippen LogP contribution in [0.4, 0.5) is 0 Å². The minimum Gasteiger partial charge on any atom is -0.351 e. The van der Waals surface area contributed by atoms with Crippen molar-refractivity contribution in [2.45, 2.75) is 53.5 Å². The molecule has 0 atom stereocenters. The first kappa shape index (κ1) is 11.5. The van der Waals surface area contributed by atoms with Gasteiger partial charge in [-0.15, -0.1) is 0 Å². The molecule has 0 fully saturated rings. The van der Waals surface area contributed by atoms with Gasteiger partial charge in [0.15, 0.2) is 0 Å². The molecule has 0 bridgehead atoms. The van der Waals surface area contributed by atoms with E-state index in [1.165, 1.54) is 0 Å². The molecule has 0 aliphatic carbocycles. The molecular weight excluding hydrogens is 150 g/mol. The molecule has 0 saturated carbocycles. The maximum Gasteiger partial charge on any atom is 0.220 e. The number of amides is 1. The van der Waals surface area contributed by atoms with E-state index < -0.39 is 0 Å². The molecule has 72 valence electrons. The van der Waals surface area contributed by atoms with Crippen molar-refractivity contribution < 1.29 is 4.79 Å². The normalized spacial score (nSPS) is 12.8. The van der Waals surface area contributed by atoms with Crippen LogP contribution in [0.5, 0.6) is 0 Å². The van der Waals surface area contributed by atoms with Gasteiger partial charge in [0.1, 0.15) is 0 Å². The number of carbonyl (C=O) groups excluding carboxylic acids is 1. The Bertz CT molecular complexity index is 142. The molecule has 2 nitrogen and oxygen atoms in total. The van der Waals surface area contributed by atoms with E-state index in [0.717, 1.165) is 0 Å². The first-order valence-corrected chi connectivity index (χ1v) is 4.41. The summed E-state index contributed by atoms with van der Waals surface area (Å²) >= 11 is 0. The van der Waals surface area contributed by atoms with Gasteiger partial charge in [0.25, 0.3) is 0 Å². The van der Waals surface area contributed by atoms with Crippen LogP contribution in [0, 0.1) is 5.41 Å². The van der Waals surface area contributed by atoms with E-state index in [2.05, 4.69) is 26.1 Å². The van der Waals surface area contributed by atoms with Crippen molar-refractivity contribution in [1.29, 1.82) is 0 Å². The molecule has 0 aromatic carbocycles. The Morgan fingerprint density at radius 1 is 1.08 bits per heavy atom. The van der Waals surface area contributed by atoms with Gasteiger partial charge in [0.2, 0.25) is 5.91 Å². The Morgan fingerprint density at radius 2 is 1.50 bits per heavy atom. The van der Waals surface area contributed by atoms with E-state index in [4.69, 9.17) is 0 Å². The van der Waals surface area contributed by atoms with Gasteiger partial charge >= 0.3 is 0 Å². The van der Waals surface area contributed by atoms with E-state index >= 15 is 0 Å². The molecule has 12 heavy (non-hydrogen) atoms. The summed E-state index contributed by atoms with van der Waals surface area (Å²) in [6, 6.07) is 0. The lowest BCUT2D eigenvalue weighted by Crippen LogP contribution is -2.41. The summed E-state index contributed by atoms with van der Waals surface area (Å²) in [5.74, 6) is 0.134. The average Bonchev–Trinajstić information content (AvgIpc) is 1.49.